The summed E-state index contributed by atoms with van der Waals surface area (Å²) in [5.41, 5.74) is -1.18. The minimum Gasteiger partial charge on any atom is -0.366 e. The van der Waals surface area contributed by atoms with Crippen molar-refractivity contribution in [1.82, 2.24) is 21.3 Å². The summed E-state index contributed by atoms with van der Waals surface area (Å²) < 4.78 is 45.6. The number of alkyl halides is 3. The summed E-state index contributed by atoms with van der Waals surface area (Å²) >= 11 is 1.56. The SMILES string of the molecule is CSc1ccc(C(=O)NC2CCCCC2NC(=O)CNC(=O)c2cc(C(F)(F)F)ccc2NC(=O)C2CNCCO2)cc1. The molecule has 2 aliphatic rings. The van der Waals surface area contributed by atoms with E-state index in [2.05, 4.69) is 26.6 Å². The normalized spacial score (nSPS) is 20.5. The van der Waals surface area contributed by atoms with Crippen molar-refractivity contribution in [1.29, 1.82) is 0 Å². The molecule has 5 N–H and O–H groups in total. The number of morpholine rings is 1. The number of halogens is 3. The molecule has 2 aromatic rings. The van der Waals surface area contributed by atoms with Gasteiger partial charge in [-0.2, -0.15) is 13.2 Å². The Morgan fingerprint density at radius 2 is 1.67 bits per heavy atom. The molecule has 2 fully saturated rings. The molecule has 1 saturated carbocycles. The predicted octanol–water partition coefficient (Wildman–Crippen LogP) is 2.94. The standard InChI is InChI=1S/C29H34F3N5O5S/c1-43-19-9-6-17(7-10-19)26(39)37-23-5-3-2-4-22(23)35-25(38)16-34-27(40)20-14-18(29(30,31)32)8-11-21(20)36-28(41)24-15-33-12-13-42-24/h6-11,14,22-24,33H,2-5,12-13,15-16H2,1H3,(H,34,40)(H,35,38)(H,36,41)(H,37,39). The second-order valence-corrected chi connectivity index (χ2v) is 11.1. The van der Waals surface area contributed by atoms with Crippen LogP contribution in [0.1, 0.15) is 52.0 Å². The number of anilines is 1. The van der Waals surface area contributed by atoms with Gasteiger partial charge in [0.2, 0.25) is 5.91 Å². The number of benzene rings is 2. The average molecular weight is 622 g/mol. The number of hydrogen-bond acceptors (Lipinski definition) is 7. The molecule has 0 spiro atoms. The molecule has 2 aromatic carbocycles. The van der Waals surface area contributed by atoms with Crippen LogP contribution in [0.5, 0.6) is 0 Å². The molecule has 3 atom stereocenters. The van der Waals surface area contributed by atoms with Crippen molar-refractivity contribution in [3.63, 3.8) is 0 Å². The second-order valence-electron chi connectivity index (χ2n) is 10.3. The van der Waals surface area contributed by atoms with Crippen LogP contribution in [0.15, 0.2) is 47.4 Å². The fraction of sp³-hybridized carbons (Fsp3) is 0.448. The Bertz CT molecular complexity index is 1320. The Balaban J connectivity index is 1.38. The van der Waals surface area contributed by atoms with Gasteiger partial charge in [-0.15, -0.1) is 11.8 Å². The molecule has 1 saturated heterocycles. The number of rotatable bonds is 9. The van der Waals surface area contributed by atoms with E-state index in [0.29, 0.717) is 31.0 Å². The van der Waals surface area contributed by atoms with Crippen LogP contribution >= 0.6 is 11.8 Å². The number of carbonyl (C=O) groups excluding carboxylic acids is 4. The Labute approximate surface area is 251 Å². The summed E-state index contributed by atoms with van der Waals surface area (Å²) in [6.45, 7) is 0.525. The van der Waals surface area contributed by atoms with E-state index in [1.165, 1.54) is 0 Å². The van der Waals surface area contributed by atoms with Crippen LogP contribution < -0.4 is 26.6 Å². The third kappa shape index (κ3) is 8.94. The monoisotopic (exact) mass is 621 g/mol. The second kappa shape index (κ2) is 14.7. The van der Waals surface area contributed by atoms with E-state index in [1.807, 2.05) is 18.4 Å². The molecule has 14 heteroatoms. The molecule has 4 rings (SSSR count). The Morgan fingerprint density at radius 1 is 0.977 bits per heavy atom. The van der Waals surface area contributed by atoms with Gasteiger partial charge in [0, 0.05) is 35.6 Å². The van der Waals surface area contributed by atoms with E-state index in [9.17, 15) is 32.3 Å². The number of carbonyl (C=O) groups is 4. The minimum atomic E-state index is -4.73. The number of amides is 4. The van der Waals surface area contributed by atoms with Crippen molar-refractivity contribution in [3.05, 3.63) is 59.2 Å². The highest BCUT2D eigenvalue weighted by Crippen LogP contribution is 2.32. The van der Waals surface area contributed by atoms with Gasteiger partial charge in [-0.05, 0) is 61.6 Å². The van der Waals surface area contributed by atoms with Crippen LogP contribution in [0.2, 0.25) is 0 Å². The topological polar surface area (TPSA) is 138 Å². The molecular weight excluding hydrogens is 587 g/mol. The van der Waals surface area contributed by atoms with Crippen molar-refractivity contribution in [2.24, 2.45) is 0 Å². The molecule has 4 amide bonds. The number of hydrogen-bond donors (Lipinski definition) is 5. The summed E-state index contributed by atoms with van der Waals surface area (Å²) in [6.07, 6.45) is -0.712. The fourth-order valence-corrected chi connectivity index (χ4v) is 5.36. The highest BCUT2D eigenvalue weighted by atomic mass is 32.2. The molecule has 10 nitrogen and oxygen atoms in total. The molecule has 1 aliphatic carbocycles. The predicted molar refractivity (Wildman–Crippen MR) is 155 cm³/mol. The summed E-state index contributed by atoms with van der Waals surface area (Å²) in [6, 6.07) is 8.83. The summed E-state index contributed by atoms with van der Waals surface area (Å²) in [5.74, 6) is -2.42. The number of ether oxygens (including phenoxy) is 1. The summed E-state index contributed by atoms with van der Waals surface area (Å²) in [7, 11) is 0. The molecule has 1 aliphatic heterocycles. The Hall–Kier alpha value is -3.62. The summed E-state index contributed by atoms with van der Waals surface area (Å²) in [4.78, 5) is 52.3. The largest absolute Gasteiger partial charge is 0.416 e. The minimum absolute atomic E-state index is 0.147. The molecule has 0 radical (unpaired) electrons. The molecular formula is C29H34F3N5O5S. The smallest absolute Gasteiger partial charge is 0.366 e. The van der Waals surface area contributed by atoms with E-state index in [4.69, 9.17) is 4.74 Å². The average Bonchev–Trinajstić information content (AvgIpc) is 3.01. The molecule has 232 valence electrons. The molecule has 0 bridgehead atoms. The van der Waals surface area contributed by atoms with Gasteiger partial charge in [-0.25, -0.2) is 0 Å². The first-order valence-electron chi connectivity index (χ1n) is 13.9. The van der Waals surface area contributed by atoms with E-state index in [1.54, 1.807) is 23.9 Å². The molecule has 3 unspecified atom stereocenters. The first-order valence-corrected chi connectivity index (χ1v) is 15.1. The first-order chi connectivity index (χ1) is 20.5. The van der Waals surface area contributed by atoms with Crippen LogP contribution in [0.4, 0.5) is 18.9 Å². The van der Waals surface area contributed by atoms with Crippen LogP contribution in [-0.2, 0) is 20.5 Å². The van der Waals surface area contributed by atoms with Gasteiger partial charge in [0.05, 0.1) is 30.0 Å². The van der Waals surface area contributed by atoms with Gasteiger partial charge < -0.3 is 31.3 Å². The van der Waals surface area contributed by atoms with Gasteiger partial charge >= 0.3 is 6.18 Å². The highest BCUT2D eigenvalue weighted by molar-refractivity contribution is 7.98. The molecule has 1 heterocycles. The van der Waals surface area contributed by atoms with E-state index < -0.39 is 47.7 Å². The fourth-order valence-electron chi connectivity index (χ4n) is 4.95. The lowest BCUT2D eigenvalue weighted by molar-refractivity contribution is -0.137. The van der Waals surface area contributed by atoms with E-state index >= 15 is 0 Å². The van der Waals surface area contributed by atoms with E-state index in [0.717, 1.165) is 29.9 Å². The van der Waals surface area contributed by atoms with Gasteiger partial charge in [-0.3, -0.25) is 19.2 Å². The lowest BCUT2D eigenvalue weighted by Gasteiger charge is -2.33. The Morgan fingerprint density at radius 3 is 2.30 bits per heavy atom. The maximum Gasteiger partial charge on any atom is 0.416 e. The number of thioether (sulfide) groups is 1. The van der Waals surface area contributed by atoms with Gasteiger partial charge in [-0.1, -0.05) is 12.8 Å². The van der Waals surface area contributed by atoms with Crippen molar-refractivity contribution < 1.29 is 37.1 Å². The van der Waals surface area contributed by atoms with E-state index in [-0.39, 0.29) is 36.8 Å². The summed E-state index contributed by atoms with van der Waals surface area (Å²) in [5, 5.41) is 13.6. The van der Waals surface area contributed by atoms with Crippen molar-refractivity contribution >= 4 is 41.1 Å². The van der Waals surface area contributed by atoms with Crippen LogP contribution in [-0.4, -0.2) is 74.3 Å². The maximum absolute atomic E-state index is 13.4. The number of nitrogens with one attached hydrogen (secondary N) is 5. The lowest BCUT2D eigenvalue weighted by atomic mass is 9.90. The zero-order chi connectivity index (χ0) is 31.0. The van der Waals surface area contributed by atoms with Crippen LogP contribution in [0.25, 0.3) is 0 Å². The quantitative estimate of drug-likeness (QED) is 0.272. The third-order valence-electron chi connectivity index (χ3n) is 7.26. The zero-order valence-corrected chi connectivity index (χ0v) is 24.3. The van der Waals surface area contributed by atoms with Gasteiger partial charge in [0.15, 0.2) is 0 Å². The first kappa shape index (κ1) is 32.3. The van der Waals surface area contributed by atoms with Crippen LogP contribution in [0.3, 0.4) is 0 Å². The lowest BCUT2D eigenvalue weighted by Crippen LogP contribution is -2.54. The molecule has 43 heavy (non-hydrogen) atoms. The van der Waals surface area contributed by atoms with Crippen molar-refractivity contribution in [2.45, 2.75) is 54.9 Å². The van der Waals surface area contributed by atoms with Gasteiger partial charge in [0.1, 0.15) is 6.10 Å². The zero-order valence-electron chi connectivity index (χ0n) is 23.5. The van der Waals surface area contributed by atoms with Gasteiger partial charge in [0.25, 0.3) is 17.7 Å². The molecule has 0 aromatic heterocycles. The van der Waals surface area contributed by atoms with Crippen molar-refractivity contribution in [2.75, 3.05) is 37.8 Å². The maximum atomic E-state index is 13.4. The highest BCUT2D eigenvalue weighted by Gasteiger charge is 2.33. The third-order valence-corrected chi connectivity index (χ3v) is 8.00. The van der Waals surface area contributed by atoms with Crippen molar-refractivity contribution in [3.8, 4) is 0 Å². The Kier molecular flexibility index (Phi) is 11.0. The van der Waals surface area contributed by atoms with Crippen LogP contribution in [0, 0.1) is 0 Å².